The number of carbonyl (C=O) groups is 1. The number of anilines is 1. The Kier molecular flexibility index (Phi) is 3.25. The quantitative estimate of drug-likeness (QED) is 0.838. The van der Waals surface area contributed by atoms with Gasteiger partial charge in [0.15, 0.2) is 0 Å². The lowest BCUT2D eigenvalue weighted by Gasteiger charge is -2.31. The van der Waals surface area contributed by atoms with Crippen molar-refractivity contribution < 1.29 is 4.79 Å². The minimum Gasteiger partial charge on any atom is -0.320 e. The molecular formula is C13H18N2O. The smallest absolute Gasteiger partial charge is 0.227 e. The average molecular weight is 218 g/mol. The molecule has 2 rings (SSSR count). The Morgan fingerprint density at radius 2 is 2.19 bits per heavy atom. The fourth-order valence-corrected chi connectivity index (χ4v) is 2.31. The maximum Gasteiger partial charge on any atom is 0.227 e. The first-order chi connectivity index (χ1) is 7.74. The van der Waals surface area contributed by atoms with Gasteiger partial charge in [-0.15, -0.1) is 0 Å². The summed E-state index contributed by atoms with van der Waals surface area (Å²) in [5.41, 5.74) is 2.37. The average Bonchev–Trinajstić information content (AvgIpc) is 2.32. The molecule has 0 saturated heterocycles. The lowest BCUT2D eigenvalue weighted by molar-refractivity contribution is -0.119. The molecule has 0 aromatic heterocycles. The third-order valence-corrected chi connectivity index (χ3v) is 3.28. The number of hydrogen-bond donors (Lipinski definition) is 1. The number of fused-ring (bicyclic) bond motifs is 1. The Morgan fingerprint density at radius 1 is 1.44 bits per heavy atom. The van der Waals surface area contributed by atoms with Crippen molar-refractivity contribution in [3.63, 3.8) is 0 Å². The molecule has 3 heteroatoms. The molecule has 1 aromatic rings. The number of amides is 1. The van der Waals surface area contributed by atoms with Gasteiger partial charge < -0.3 is 10.2 Å². The normalized spacial score (nSPS) is 19.8. The molecule has 1 amide bonds. The fourth-order valence-electron chi connectivity index (χ4n) is 2.31. The van der Waals surface area contributed by atoms with E-state index < -0.39 is 0 Å². The summed E-state index contributed by atoms with van der Waals surface area (Å²) < 4.78 is 0. The van der Waals surface area contributed by atoms with E-state index >= 15 is 0 Å². The molecule has 1 aliphatic heterocycles. The van der Waals surface area contributed by atoms with E-state index in [4.69, 9.17) is 0 Å². The Labute approximate surface area is 96.5 Å². The number of para-hydroxylation sites is 1. The number of benzene rings is 1. The monoisotopic (exact) mass is 218 g/mol. The molecule has 0 spiro atoms. The predicted octanol–water partition coefficient (Wildman–Crippen LogP) is 1.75. The topological polar surface area (TPSA) is 32.3 Å². The molecule has 0 radical (unpaired) electrons. The van der Waals surface area contributed by atoms with E-state index in [0.717, 1.165) is 18.7 Å². The fraction of sp³-hybridized carbons (Fsp3) is 0.462. The van der Waals surface area contributed by atoms with Crippen LogP contribution >= 0.6 is 0 Å². The summed E-state index contributed by atoms with van der Waals surface area (Å²) in [6.45, 7) is 0.954. The first-order valence-electron chi connectivity index (χ1n) is 5.74. The SMILES string of the molecule is CNCCC1CC(=O)N(C)c2ccccc21. The highest BCUT2D eigenvalue weighted by atomic mass is 16.2. The highest BCUT2D eigenvalue weighted by molar-refractivity contribution is 5.96. The maximum absolute atomic E-state index is 11.8. The lowest BCUT2D eigenvalue weighted by Crippen LogP contribution is -2.33. The van der Waals surface area contributed by atoms with E-state index in [9.17, 15) is 4.79 Å². The summed E-state index contributed by atoms with van der Waals surface area (Å²) in [5, 5.41) is 3.15. The molecule has 16 heavy (non-hydrogen) atoms. The van der Waals surface area contributed by atoms with Gasteiger partial charge in [0.2, 0.25) is 5.91 Å². The molecule has 1 aromatic carbocycles. The predicted molar refractivity (Wildman–Crippen MR) is 65.8 cm³/mol. The Bertz CT molecular complexity index is 389. The van der Waals surface area contributed by atoms with Crippen LogP contribution in [0.25, 0.3) is 0 Å². The zero-order valence-electron chi connectivity index (χ0n) is 9.86. The zero-order chi connectivity index (χ0) is 11.5. The highest BCUT2D eigenvalue weighted by Crippen LogP contribution is 2.36. The van der Waals surface area contributed by atoms with Crippen molar-refractivity contribution in [1.29, 1.82) is 0 Å². The Balaban J connectivity index is 2.29. The van der Waals surface area contributed by atoms with Gasteiger partial charge in [0.1, 0.15) is 0 Å². The van der Waals surface area contributed by atoms with Crippen LogP contribution in [0.5, 0.6) is 0 Å². The summed E-state index contributed by atoms with van der Waals surface area (Å²) in [5.74, 6) is 0.590. The van der Waals surface area contributed by atoms with Gasteiger partial charge in [-0.2, -0.15) is 0 Å². The van der Waals surface area contributed by atoms with Crippen molar-refractivity contribution in [2.75, 3.05) is 25.5 Å². The summed E-state index contributed by atoms with van der Waals surface area (Å²) in [6, 6.07) is 8.20. The van der Waals surface area contributed by atoms with Crippen LogP contribution in [0.2, 0.25) is 0 Å². The molecular weight excluding hydrogens is 200 g/mol. The minimum absolute atomic E-state index is 0.222. The van der Waals surface area contributed by atoms with Crippen LogP contribution in [0, 0.1) is 0 Å². The molecule has 1 heterocycles. The number of nitrogens with zero attached hydrogens (tertiary/aromatic N) is 1. The second-order valence-corrected chi connectivity index (χ2v) is 4.30. The van der Waals surface area contributed by atoms with E-state index in [1.165, 1.54) is 5.56 Å². The molecule has 3 nitrogen and oxygen atoms in total. The molecule has 1 atom stereocenters. The third kappa shape index (κ3) is 1.95. The van der Waals surface area contributed by atoms with Crippen molar-refractivity contribution in [2.24, 2.45) is 0 Å². The van der Waals surface area contributed by atoms with Crippen LogP contribution in [-0.2, 0) is 4.79 Å². The zero-order valence-corrected chi connectivity index (χ0v) is 9.86. The molecule has 0 fully saturated rings. The van der Waals surface area contributed by atoms with E-state index in [-0.39, 0.29) is 5.91 Å². The molecule has 0 aliphatic carbocycles. The van der Waals surface area contributed by atoms with Crippen molar-refractivity contribution in [3.8, 4) is 0 Å². The van der Waals surface area contributed by atoms with Crippen LogP contribution < -0.4 is 10.2 Å². The van der Waals surface area contributed by atoms with Gasteiger partial charge in [-0.05, 0) is 37.6 Å². The number of hydrogen-bond acceptors (Lipinski definition) is 2. The van der Waals surface area contributed by atoms with Crippen LogP contribution in [0.4, 0.5) is 5.69 Å². The highest BCUT2D eigenvalue weighted by Gasteiger charge is 2.27. The molecule has 86 valence electrons. The summed E-state index contributed by atoms with van der Waals surface area (Å²) in [7, 11) is 3.80. The second kappa shape index (κ2) is 4.66. The van der Waals surface area contributed by atoms with Gasteiger partial charge in [0.05, 0.1) is 0 Å². The van der Waals surface area contributed by atoms with Gasteiger partial charge >= 0.3 is 0 Å². The molecule has 0 saturated carbocycles. The van der Waals surface area contributed by atoms with Crippen LogP contribution in [0.15, 0.2) is 24.3 Å². The lowest BCUT2D eigenvalue weighted by atomic mass is 9.87. The Morgan fingerprint density at radius 3 is 2.94 bits per heavy atom. The van der Waals surface area contributed by atoms with Gasteiger partial charge in [-0.3, -0.25) is 4.79 Å². The van der Waals surface area contributed by atoms with E-state index in [2.05, 4.69) is 17.4 Å². The third-order valence-electron chi connectivity index (χ3n) is 3.28. The van der Waals surface area contributed by atoms with Crippen molar-refractivity contribution in [3.05, 3.63) is 29.8 Å². The van der Waals surface area contributed by atoms with E-state index in [1.807, 2.05) is 26.2 Å². The van der Waals surface area contributed by atoms with Crippen molar-refractivity contribution in [1.82, 2.24) is 5.32 Å². The first kappa shape index (κ1) is 11.1. The number of carbonyl (C=O) groups excluding carboxylic acids is 1. The van der Waals surface area contributed by atoms with Crippen LogP contribution in [0.1, 0.15) is 24.3 Å². The van der Waals surface area contributed by atoms with Crippen LogP contribution in [0.3, 0.4) is 0 Å². The van der Waals surface area contributed by atoms with Gasteiger partial charge in [0, 0.05) is 19.2 Å². The van der Waals surface area contributed by atoms with E-state index in [0.29, 0.717) is 12.3 Å². The maximum atomic E-state index is 11.8. The van der Waals surface area contributed by atoms with Gasteiger partial charge in [0.25, 0.3) is 0 Å². The number of rotatable bonds is 3. The Hall–Kier alpha value is -1.35. The van der Waals surface area contributed by atoms with E-state index in [1.54, 1.807) is 4.90 Å². The number of nitrogens with one attached hydrogen (secondary N) is 1. The van der Waals surface area contributed by atoms with Crippen molar-refractivity contribution >= 4 is 11.6 Å². The second-order valence-electron chi connectivity index (χ2n) is 4.30. The molecule has 1 aliphatic rings. The van der Waals surface area contributed by atoms with Crippen LogP contribution in [-0.4, -0.2) is 26.5 Å². The summed E-state index contributed by atoms with van der Waals surface area (Å²) in [4.78, 5) is 13.6. The standard InChI is InChI=1S/C13H18N2O/c1-14-8-7-10-9-13(16)15(2)12-6-4-3-5-11(10)12/h3-6,10,14H,7-9H2,1-2H3. The van der Waals surface area contributed by atoms with Crippen molar-refractivity contribution in [2.45, 2.75) is 18.8 Å². The molecule has 1 unspecified atom stereocenters. The van der Waals surface area contributed by atoms with Gasteiger partial charge in [-0.1, -0.05) is 18.2 Å². The molecule has 1 N–H and O–H groups in total. The summed E-state index contributed by atoms with van der Waals surface area (Å²) in [6.07, 6.45) is 1.66. The summed E-state index contributed by atoms with van der Waals surface area (Å²) >= 11 is 0. The minimum atomic E-state index is 0.222. The largest absolute Gasteiger partial charge is 0.320 e. The molecule has 0 bridgehead atoms. The van der Waals surface area contributed by atoms with Gasteiger partial charge in [-0.25, -0.2) is 0 Å². The first-order valence-corrected chi connectivity index (χ1v) is 5.74.